The highest BCUT2D eigenvalue weighted by Gasteiger charge is 2.53. The van der Waals surface area contributed by atoms with Crippen molar-refractivity contribution in [2.45, 2.75) is 12.5 Å². The first-order valence-corrected chi connectivity index (χ1v) is 9.43. The molecule has 148 valence electrons. The molecular formula is C20H22N2O6. The zero-order valence-electron chi connectivity index (χ0n) is 15.4. The van der Waals surface area contributed by atoms with Gasteiger partial charge in [-0.05, 0) is 30.7 Å². The molecule has 2 saturated heterocycles. The van der Waals surface area contributed by atoms with Gasteiger partial charge in [0.1, 0.15) is 17.7 Å². The number of hydrogen-bond donors (Lipinski definition) is 0. The lowest BCUT2D eigenvalue weighted by Crippen LogP contribution is -2.39. The average Bonchev–Trinajstić information content (AvgIpc) is 3.46. The van der Waals surface area contributed by atoms with Crippen LogP contribution in [0.15, 0.2) is 45.6 Å². The SMILES string of the molecule is O=C1C(=O)N(CCCN2CCOCC2)C(c2ccco2)C1C(=O)c1ccco1. The van der Waals surface area contributed by atoms with Crippen molar-refractivity contribution in [1.82, 2.24) is 9.80 Å². The zero-order valence-corrected chi connectivity index (χ0v) is 15.4. The average molecular weight is 386 g/mol. The fourth-order valence-electron chi connectivity index (χ4n) is 3.87. The molecule has 0 radical (unpaired) electrons. The van der Waals surface area contributed by atoms with Gasteiger partial charge in [-0.3, -0.25) is 19.3 Å². The normalized spacial score (nSPS) is 23.5. The number of carbonyl (C=O) groups excluding carboxylic acids is 3. The quantitative estimate of drug-likeness (QED) is 0.405. The van der Waals surface area contributed by atoms with Gasteiger partial charge >= 0.3 is 0 Å². The van der Waals surface area contributed by atoms with E-state index in [9.17, 15) is 14.4 Å². The molecule has 0 saturated carbocycles. The van der Waals surface area contributed by atoms with E-state index in [4.69, 9.17) is 13.6 Å². The van der Waals surface area contributed by atoms with Gasteiger partial charge in [-0.15, -0.1) is 0 Å². The highest BCUT2D eigenvalue weighted by molar-refractivity contribution is 6.43. The maximum absolute atomic E-state index is 12.9. The largest absolute Gasteiger partial charge is 0.467 e. The van der Waals surface area contributed by atoms with Crippen LogP contribution in [0.2, 0.25) is 0 Å². The summed E-state index contributed by atoms with van der Waals surface area (Å²) in [4.78, 5) is 42.0. The molecule has 2 aromatic rings. The predicted molar refractivity (Wildman–Crippen MR) is 96.6 cm³/mol. The van der Waals surface area contributed by atoms with E-state index in [1.54, 1.807) is 18.2 Å². The zero-order chi connectivity index (χ0) is 19.5. The van der Waals surface area contributed by atoms with Crippen molar-refractivity contribution in [3.8, 4) is 0 Å². The molecule has 0 bridgehead atoms. The Labute approximate surface area is 162 Å². The molecular weight excluding hydrogens is 364 g/mol. The molecule has 0 N–H and O–H groups in total. The van der Waals surface area contributed by atoms with Crippen LogP contribution in [0.25, 0.3) is 0 Å². The van der Waals surface area contributed by atoms with Crippen molar-refractivity contribution in [2.24, 2.45) is 5.92 Å². The standard InChI is InChI=1S/C20H22N2O6/c23-18(15-5-2-11-28-15)16-17(14-4-1-10-27-14)22(20(25)19(16)24)7-3-6-21-8-12-26-13-9-21/h1-2,4-5,10-11,16-17H,3,6-9,12-13H2. The highest BCUT2D eigenvalue weighted by Crippen LogP contribution is 2.38. The predicted octanol–water partition coefficient (Wildman–Crippen LogP) is 1.55. The molecule has 2 atom stereocenters. The van der Waals surface area contributed by atoms with Gasteiger partial charge in [0.25, 0.3) is 5.91 Å². The van der Waals surface area contributed by atoms with Crippen LogP contribution in [0.1, 0.15) is 28.8 Å². The number of amides is 1. The van der Waals surface area contributed by atoms with E-state index in [0.717, 1.165) is 19.6 Å². The van der Waals surface area contributed by atoms with Crippen LogP contribution in [0.5, 0.6) is 0 Å². The lowest BCUT2D eigenvalue weighted by Gasteiger charge is -2.29. The first-order valence-electron chi connectivity index (χ1n) is 9.43. The number of morpholine rings is 1. The lowest BCUT2D eigenvalue weighted by atomic mass is 9.91. The molecule has 8 nitrogen and oxygen atoms in total. The van der Waals surface area contributed by atoms with Crippen LogP contribution in [-0.4, -0.2) is 66.7 Å². The summed E-state index contributed by atoms with van der Waals surface area (Å²) >= 11 is 0. The van der Waals surface area contributed by atoms with Crippen LogP contribution < -0.4 is 0 Å². The number of hydrogen-bond acceptors (Lipinski definition) is 7. The third-order valence-electron chi connectivity index (χ3n) is 5.26. The molecule has 8 heteroatoms. The Balaban J connectivity index is 1.53. The number of carbonyl (C=O) groups is 3. The van der Waals surface area contributed by atoms with E-state index in [1.165, 1.54) is 23.5 Å². The second-order valence-electron chi connectivity index (χ2n) is 6.95. The summed E-state index contributed by atoms with van der Waals surface area (Å²) in [7, 11) is 0. The van der Waals surface area contributed by atoms with E-state index in [0.29, 0.717) is 31.9 Å². The van der Waals surface area contributed by atoms with Crippen LogP contribution in [0.3, 0.4) is 0 Å². The maximum Gasteiger partial charge on any atom is 0.291 e. The van der Waals surface area contributed by atoms with Crippen molar-refractivity contribution < 1.29 is 28.0 Å². The first kappa shape index (κ1) is 18.6. The van der Waals surface area contributed by atoms with Gasteiger partial charge in [-0.2, -0.15) is 0 Å². The number of rotatable bonds is 7. The molecule has 1 amide bonds. The van der Waals surface area contributed by atoms with Gasteiger partial charge in [0.15, 0.2) is 5.76 Å². The fraction of sp³-hybridized carbons (Fsp3) is 0.450. The number of furan rings is 2. The van der Waals surface area contributed by atoms with Crippen molar-refractivity contribution in [3.63, 3.8) is 0 Å². The van der Waals surface area contributed by atoms with Gasteiger partial charge < -0.3 is 18.5 Å². The van der Waals surface area contributed by atoms with E-state index in [-0.39, 0.29) is 5.76 Å². The second-order valence-corrected chi connectivity index (χ2v) is 6.95. The Bertz CT molecular complexity index is 823. The first-order chi connectivity index (χ1) is 13.7. The minimum atomic E-state index is -1.16. The summed E-state index contributed by atoms with van der Waals surface area (Å²) < 4.78 is 16.0. The van der Waals surface area contributed by atoms with Crippen LogP contribution >= 0.6 is 0 Å². The Hall–Kier alpha value is -2.71. The van der Waals surface area contributed by atoms with Crippen LogP contribution in [0, 0.1) is 5.92 Å². The molecule has 28 heavy (non-hydrogen) atoms. The Morgan fingerprint density at radius 3 is 2.46 bits per heavy atom. The summed E-state index contributed by atoms with van der Waals surface area (Å²) in [6.07, 6.45) is 3.54. The number of ether oxygens (including phenoxy) is 1. The molecule has 2 aromatic heterocycles. The number of likely N-dealkylation sites (tertiary alicyclic amines) is 1. The summed E-state index contributed by atoms with van der Waals surface area (Å²) in [6, 6.07) is 5.70. The number of ketones is 2. The number of Topliss-reactive ketones (excluding diaryl/α,β-unsaturated/α-hetero) is 2. The van der Waals surface area contributed by atoms with E-state index >= 15 is 0 Å². The smallest absolute Gasteiger partial charge is 0.291 e. The van der Waals surface area contributed by atoms with Crippen molar-refractivity contribution in [1.29, 1.82) is 0 Å². The van der Waals surface area contributed by atoms with Crippen LogP contribution in [0.4, 0.5) is 0 Å². The van der Waals surface area contributed by atoms with E-state index in [2.05, 4.69) is 4.90 Å². The lowest BCUT2D eigenvalue weighted by molar-refractivity contribution is -0.140. The second kappa shape index (κ2) is 8.12. The molecule has 4 heterocycles. The molecule has 0 aliphatic carbocycles. The molecule has 2 unspecified atom stereocenters. The highest BCUT2D eigenvalue weighted by atomic mass is 16.5. The molecule has 2 fully saturated rings. The Morgan fingerprint density at radius 2 is 1.79 bits per heavy atom. The summed E-state index contributed by atoms with van der Waals surface area (Å²) in [6.45, 7) is 4.28. The van der Waals surface area contributed by atoms with Crippen LogP contribution in [-0.2, 0) is 14.3 Å². The molecule has 0 spiro atoms. The maximum atomic E-state index is 12.9. The van der Waals surface area contributed by atoms with Gasteiger partial charge in [0.2, 0.25) is 11.6 Å². The molecule has 2 aliphatic rings. The Kier molecular flexibility index (Phi) is 5.40. The number of nitrogens with zero attached hydrogens (tertiary/aromatic N) is 2. The topological polar surface area (TPSA) is 93.2 Å². The fourth-order valence-corrected chi connectivity index (χ4v) is 3.87. The van der Waals surface area contributed by atoms with Gasteiger partial charge in [-0.1, -0.05) is 0 Å². The summed E-state index contributed by atoms with van der Waals surface area (Å²) in [5.74, 6) is -2.52. The molecule has 4 rings (SSSR count). The Morgan fingerprint density at radius 1 is 1.04 bits per heavy atom. The monoisotopic (exact) mass is 386 g/mol. The molecule has 0 aromatic carbocycles. The van der Waals surface area contributed by atoms with Crippen molar-refractivity contribution in [2.75, 3.05) is 39.4 Å². The van der Waals surface area contributed by atoms with E-state index < -0.39 is 29.4 Å². The van der Waals surface area contributed by atoms with Gasteiger partial charge in [0.05, 0.1) is 25.7 Å². The van der Waals surface area contributed by atoms with Crippen molar-refractivity contribution in [3.05, 3.63) is 48.3 Å². The summed E-state index contributed by atoms with van der Waals surface area (Å²) in [5.41, 5.74) is 0. The summed E-state index contributed by atoms with van der Waals surface area (Å²) in [5, 5.41) is 0. The van der Waals surface area contributed by atoms with Crippen molar-refractivity contribution >= 4 is 17.5 Å². The van der Waals surface area contributed by atoms with Gasteiger partial charge in [-0.25, -0.2) is 0 Å². The third-order valence-corrected chi connectivity index (χ3v) is 5.26. The van der Waals surface area contributed by atoms with Gasteiger partial charge in [0, 0.05) is 26.2 Å². The van der Waals surface area contributed by atoms with E-state index in [1.807, 2.05) is 0 Å². The third kappa shape index (κ3) is 3.53. The minimum Gasteiger partial charge on any atom is -0.467 e. The minimum absolute atomic E-state index is 0.0675. The molecule has 2 aliphatic heterocycles.